The van der Waals surface area contributed by atoms with E-state index in [1.807, 2.05) is 11.8 Å². The Balaban J connectivity index is 2.04. The summed E-state index contributed by atoms with van der Waals surface area (Å²) in [5.74, 6) is 0.624. The highest BCUT2D eigenvalue weighted by atomic mass is 32.2. The molecule has 128 valence electrons. The van der Waals surface area contributed by atoms with Crippen LogP contribution in [0.15, 0.2) is 12.1 Å². The SMILES string of the molecule is CCN(c1ccc(C(=O)NCCOC)nn1)C1CCS(=O)(=O)C1. The van der Waals surface area contributed by atoms with Crippen LogP contribution >= 0.6 is 0 Å². The maximum Gasteiger partial charge on any atom is 0.271 e. The molecule has 1 N–H and O–H groups in total. The molecule has 1 amide bonds. The number of aromatic nitrogens is 2. The molecule has 1 aromatic rings. The van der Waals surface area contributed by atoms with E-state index in [2.05, 4.69) is 15.5 Å². The van der Waals surface area contributed by atoms with Crippen LogP contribution in [0.3, 0.4) is 0 Å². The summed E-state index contributed by atoms with van der Waals surface area (Å²) in [6, 6.07) is 3.21. The van der Waals surface area contributed by atoms with Gasteiger partial charge in [-0.3, -0.25) is 4.79 Å². The molecule has 1 aliphatic heterocycles. The van der Waals surface area contributed by atoms with Crippen molar-refractivity contribution in [3.63, 3.8) is 0 Å². The molecule has 1 atom stereocenters. The van der Waals surface area contributed by atoms with Gasteiger partial charge < -0.3 is 15.0 Å². The molecule has 2 rings (SSSR count). The van der Waals surface area contributed by atoms with Crippen LogP contribution in [0.25, 0.3) is 0 Å². The Kier molecular flexibility index (Phi) is 5.89. The molecular formula is C14H22N4O4S. The number of nitrogens with zero attached hydrogens (tertiary/aromatic N) is 3. The topological polar surface area (TPSA) is 101 Å². The standard InChI is InChI=1S/C14H22N4O4S/c1-3-18(11-6-9-23(20,21)10-11)13-5-4-12(16-17-13)14(19)15-7-8-22-2/h4-5,11H,3,6-10H2,1-2H3,(H,15,19). The molecule has 1 aromatic heterocycles. The van der Waals surface area contributed by atoms with Crippen LogP contribution in [0.4, 0.5) is 5.82 Å². The third kappa shape index (κ3) is 4.61. The highest BCUT2D eigenvalue weighted by molar-refractivity contribution is 7.91. The Morgan fingerprint density at radius 1 is 1.43 bits per heavy atom. The summed E-state index contributed by atoms with van der Waals surface area (Å²) in [5.41, 5.74) is 0.222. The van der Waals surface area contributed by atoms with E-state index in [1.54, 1.807) is 19.2 Å². The monoisotopic (exact) mass is 342 g/mol. The first-order valence-electron chi connectivity index (χ1n) is 7.54. The molecule has 23 heavy (non-hydrogen) atoms. The zero-order valence-electron chi connectivity index (χ0n) is 13.4. The maximum absolute atomic E-state index is 11.8. The van der Waals surface area contributed by atoms with Gasteiger partial charge in [-0.2, -0.15) is 0 Å². The lowest BCUT2D eigenvalue weighted by Gasteiger charge is -2.27. The van der Waals surface area contributed by atoms with Gasteiger partial charge in [0.1, 0.15) is 0 Å². The molecule has 0 radical (unpaired) electrons. The third-order valence-corrected chi connectivity index (χ3v) is 5.51. The molecular weight excluding hydrogens is 320 g/mol. The maximum atomic E-state index is 11.8. The fourth-order valence-electron chi connectivity index (χ4n) is 2.59. The summed E-state index contributed by atoms with van der Waals surface area (Å²) in [6.07, 6.45) is 0.594. The normalized spacial score (nSPS) is 19.5. The molecule has 0 bridgehead atoms. The van der Waals surface area contributed by atoms with Crippen molar-refractivity contribution >= 4 is 21.6 Å². The highest BCUT2D eigenvalue weighted by Crippen LogP contribution is 2.22. The van der Waals surface area contributed by atoms with Gasteiger partial charge in [0, 0.05) is 26.2 Å². The summed E-state index contributed by atoms with van der Waals surface area (Å²) >= 11 is 0. The lowest BCUT2D eigenvalue weighted by molar-refractivity contribution is 0.0931. The lowest BCUT2D eigenvalue weighted by Crippen LogP contribution is -2.37. The van der Waals surface area contributed by atoms with Gasteiger partial charge in [0.2, 0.25) is 0 Å². The first-order chi connectivity index (χ1) is 11.0. The van der Waals surface area contributed by atoms with Crippen molar-refractivity contribution in [2.45, 2.75) is 19.4 Å². The van der Waals surface area contributed by atoms with E-state index in [-0.39, 0.29) is 29.1 Å². The number of hydrogen-bond acceptors (Lipinski definition) is 7. The van der Waals surface area contributed by atoms with Crippen LogP contribution in [0.2, 0.25) is 0 Å². The fraction of sp³-hybridized carbons (Fsp3) is 0.643. The van der Waals surface area contributed by atoms with E-state index in [4.69, 9.17) is 4.74 Å². The number of ether oxygens (including phenoxy) is 1. The summed E-state index contributed by atoms with van der Waals surface area (Å²) in [7, 11) is -1.40. The zero-order chi connectivity index (χ0) is 16.9. The predicted molar refractivity (Wildman–Crippen MR) is 86.3 cm³/mol. The number of sulfone groups is 1. The number of carbonyl (C=O) groups is 1. The fourth-order valence-corrected chi connectivity index (χ4v) is 4.32. The van der Waals surface area contributed by atoms with Crippen molar-refractivity contribution in [1.82, 2.24) is 15.5 Å². The van der Waals surface area contributed by atoms with E-state index >= 15 is 0 Å². The first kappa shape index (κ1) is 17.6. The first-order valence-corrected chi connectivity index (χ1v) is 9.37. The molecule has 1 aliphatic rings. The summed E-state index contributed by atoms with van der Waals surface area (Å²) in [6.45, 7) is 3.41. The Morgan fingerprint density at radius 2 is 2.22 bits per heavy atom. The van der Waals surface area contributed by atoms with Gasteiger partial charge in [0.25, 0.3) is 5.91 Å². The number of hydrogen-bond donors (Lipinski definition) is 1. The van der Waals surface area contributed by atoms with Gasteiger partial charge in [-0.25, -0.2) is 8.42 Å². The average Bonchev–Trinajstić information content (AvgIpc) is 2.89. The van der Waals surface area contributed by atoms with E-state index in [9.17, 15) is 13.2 Å². The molecule has 1 fully saturated rings. The lowest BCUT2D eigenvalue weighted by atomic mass is 10.2. The van der Waals surface area contributed by atoms with Gasteiger partial charge in [-0.15, -0.1) is 10.2 Å². The molecule has 0 aromatic carbocycles. The van der Waals surface area contributed by atoms with Gasteiger partial charge in [0.05, 0.1) is 18.1 Å². The molecule has 1 unspecified atom stereocenters. The minimum atomic E-state index is -2.96. The largest absolute Gasteiger partial charge is 0.383 e. The van der Waals surface area contributed by atoms with Crippen LogP contribution in [-0.2, 0) is 14.6 Å². The van der Waals surface area contributed by atoms with Gasteiger partial charge in [0.15, 0.2) is 21.3 Å². The second-order valence-electron chi connectivity index (χ2n) is 5.37. The van der Waals surface area contributed by atoms with Crippen molar-refractivity contribution < 1.29 is 17.9 Å². The molecule has 0 spiro atoms. The Morgan fingerprint density at radius 3 is 2.74 bits per heavy atom. The average molecular weight is 342 g/mol. The van der Waals surface area contributed by atoms with Crippen LogP contribution in [0, 0.1) is 0 Å². The molecule has 2 heterocycles. The minimum Gasteiger partial charge on any atom is -0.383 e. The number of rotatable bonds is 7. The Hall–Kier alpha value is -1.74. The van der Waals surface area contributed by atoms with Crippen molar-refractivity contribution in [2.75, 3.05) is 43.2 Å². The van der Waals surface area contributed by atoms with Crippen molar-refractivity contribution in [3.8, 4) is 0 Å². The number of nitrogens with one attached hydrogen (secondary N) is 1. The molecule has 9 heteroatoms. The van der Waals surface area contributed by atoms with Gasteiger partial charge >= 0.3 is 0 Å². The van der Waals surface area contributed by atoms with Crippen LogP contribution < -0.4 is 10.2 Å². The highest BCUT2D eigenvalue weighted by Gasteiger charge is 2.32. The quantitative estimate of drug-likeness (QED) is 0.689. The van der Waals surface area contributed by atoms with E-state index in [1.165, 1.54) is 0 Å². The zero-order valence-corrected chi connectivity index (χ0v) is 14.2. The van der Waals surface area contributed by atoms with Crippen LogP contribution in [-0.4, -0.2) is 68.9 Å². The van der Waals surface area contributed by atoms with Gasteiger partial charge in [-0.1, -0.05) is 0 Å². The number of amides is 1. The van der Waals surface area contributed by atoms with Crippen molar-refractivity contribution in [3.05, 3.63) is 17.8 Å². The second-order valence-corrected chi connectivity index (χ2v) is 7.60. The van der Waals surface area contributed by atoms with Crippen LogP contribution in [0.5, 0.6) is 0 Å². The van der Waals surface area contributed by atoms with Crippen LogP contribution in [0.1, 0.15) is 23.8 Å². The van der Waals surface area contributed by atoms with Crippen molar-refractivity contribution in [2.24, 2.45) is 0 Å². The second kappa shape index (κ2) is 7.69. The summed E-state index contributed by atoms with van der Waals surface area (Å²) in [5, 5.41) is 10.7. The predicted octanol–water partition coefficient (Wildman–Crippen LogP) is -0.134. The Labute approximate surface area is 136 Å². The smallest absolute Gasteiger partial charge is 0.271 e. The molecule has 8 nitrogen and oxygen atoms in total. The number of carbonyl (C=O) groups excluding carboxylic acids is 1. The minimum absolute atomic E-state index is 0.0827. The van der Waals surface area contributed by atoms with E-state index in [0.29, 0.717) is 31.9 Å². The molecule has 0 aliphatic carbocycles. The number of anilines is 1. The van der Waals surface area contributed by atoms with Crippen molar-refractivity contribution in [1.29, 1.82) is 0 Å². The third-order valence-electron chi connectivity index (χ3n) is 3.76. The van der Waals surface area contributed by atoms with E-state index in [0.717, 1.165) is 0 Å². The Bertz CT molecular complexity index is 633. The molecule has 0 saturated carbocycles. The van der Waals surface area contributed by atoms with Gasteiger partial charge in [-0.05, 0) is 25.5 Å². The number of methoxy groups -OCH3 is 1. The summed E-state index contributed by atoms with van der Waals surface area (Å²) in [4.78, 5) is 13.8. The van der Waals surface area contributed by atoms with E-state index < -0.39 is 9.84 Å². The molecule has 1 saturated heterocycles. The summed E-state index contributed by atoms with van der Waals surface area (Å²) < 4.78 is 28.1.